The van der Waals surface area contributed by atoms with Crippen molar-refractivity contribution >= 4 is 7.60 Å². The minimum Gasteiger partial charge on any atom is -0.322 e. The maximum atomic E-state index is 11.5. The van der Waals surface area contributed by atoms with Crippen molar-refractivity contribution in [3.05, 3.63) is 0 Å². The van der Waals surface area contributed by atoms with Crippen LogP contribution in [0.2, 0.25) is 0 Å². The fourth-order valence-electron chi connectivity index (χ4n) is 1.76. The molecule has 0 bridgehead atoms. The number of nitrogens with zero attached hydrogens (tertiary/aromatic N) is 2. The Hall–Kier alpha value is 0.0700. The highest BCUT2D eigenvalue weighted by Gasteiger charge is 2.36. The van der Waals surface area contributed by atoms with Gasteiger partial charge < -0.3 is 9.79 Å². The van der Waals surface area contributed by atoms with E-state index in [9.17, 15) is 14.4 Å². The van der Waals surface area contributed by atoms with Crippen molar-refractivity contribution in [3.8, 4) is 0 Å². The van der Waals surface area contributed by atoms with Gasteiger partial charge in [0.2, 0.25) is 0 Å². The Morgan fingerprint density at radius 2 is 1.20 bits per heavy atom. The van der Waals surface area contributed by atoms with Crippen LogP contribution in [0.15, 0.2) is 0 Å². The molecule has 0 saturated carbocycles. The second-order valence-electron chi connectivity index (χ2n) is 3.38. The first-order chi connectivity index (χ1) is 6.92. The molecule has 0 atom stereocenters. The quantitative estimate of drug-likeness (QED) is 0.514. The molecule has 0 saturated heterocycles. The van der Waals surface area contributed by atoms with Gasteiger partial charge in [0.25, 0.3) is 0 Å². The maximum absolute atomic E-state index is 11.5. The average Bonchev–Trinajstić information content (AvgIpc) is 2.17. The van der Waals surface area contributed by atoms with E-state index in [1.165, 1.54) is 0 Å². The number of hydrogen-bond acceptors (Lipinski definition) is 3. The van der Waals surface area contributed by atoms with E-state index in [1.54, 1.807) is 9.80 Å². The molecule has 0 aromatic heterocycles. The van der Waals surface area contributed by atoms with Gasteiger partial charge >= 0.3 is 7.60 Å². The lowest BCUT2D eigenvalue weighted by Crippen LogP contribution is -2.47. The molecule has 0 amide bonds. The molecule has 0 fully saturated rings. The van der Waals surface area contributed by atoms with E-state index < -0.39 is 13.5 Å². The van der Waals surface area contributed by atoms with Crippen LogP contribution >= 0.6 is 7.60 Å². The molecule has 92 valence electrons. The summed E-state index contributed by atoms with van der Waals surface area (Å²) in [5.41, 5.74) is 0. The maximum Gasteiger partial charge on any atom is 0.357 e. The first-order valence-electron chi connectivity index (χ1n) is 5.45. The third-order valence-corrected chi connectivity index (χ3v) is 3.83. The van der Waals surface area contributed by atoms with Crippen LogP contribution in [0, 0.1) is 0 Å². The zero-order chi connectivity index (χ0) is 12.1. The monoisotopic (exact) mass is 238 g/mol. The molecule has 2 N–H and O–H groups in total. The van der Waals surface area contributed by atoms with Gasteiger partial charge in [-0.1, -0.05) is 27.7 Å². The summed E-state index contributed by atoms with van der Waals surface area (Å²) in [6, 6.07) is 0. The van der Waals surface area contributed by atoms with Crippen LogP contribution in [0.25, 0.3) is 0 Å². The van der Waals surface area contributed by atoms with Crippen LogP contribution in [-0.4, -0.2) is 51.7 Å². The van der Waals surface area contributed by atoms with E-state index in [1.807, 2.05) is 27.7 Å². The summed E-state index contributed by atoms with van der Waals surface area (Å²) in [4.78, 5) is 22.3. The van der Waals surface area contributed by atoms with Crippen molar-refractivity contribution in [2.24, 2.45) is 0 Å². The normalized spacial score (nSPS) is 13.1. The summed E-state index contributed by atoms with van der Waals surface area (Å²) in [6.45, 7) is 10.2. The van der Waals surface area contributed by atoms with Gasteiger partial charge in [0, 0.05) is 0 Å². The summed E-state index contributed by atoms with van der Waals surface area (Å²) in [6.07, 6.45) is 0. The first kappa shape index (κ1) is 15.1. The molecule has 5 nitrogen and oxygen atoms in total. The minimum atomic E-state index is -4.10. The molecule has 0 spiro atoms. The third kappa shape index (κ3) is 4.21. The van der Waals surface area contributed by atoms with E-state index >= 15 is 0 Å². The molecule has 0 aromatic carbocycles. The smallest absolute Gasteiger partial charge is 0.322 e. The molecule has 0 heterocycles. The Labute approximate surface area is 92.2 Å². The highest BCUT2D eigenvalue weighted by molar-refractivity contribution is 7.52. The molecule has 0 radical (unpaired) electrons. The molecule has 0 aliphatic rings. The third-order valence-electron chi connectivity index (χ3n) is 2.58. The van der Waals surface area contributed by atoms with Gasteiger partial charge in [0.05, 0.1) is 0 Å². The Morgan fingerprint density at radius 3 is 1.33 bits per heavy atom. The van der Waals surface area contributed by atoms with Gasteiger partial charge in [0.15, 0.2) is 5.91 Å². The first-order valence-corrected chi connectivity index (χ1v) is 7.13. The summed E-state index contributed by atoms with van der Waals surface area (Å²) in [7, 11) is -4.10. The van der Waals surface area contributed by atoms with Crippen molar-refractivity contribution in [3.63, 3.8) is 0 Å². The minimum absolute atomic E-state index is 0.642. The highest BCUT2D eigenvalue weighted by Crippen LogP contribution is 2.44. The largest absolute Gasteiger partial charge is 0.357 e. The van der Waals surface area contributed by atoms with Gasteiger partial charge in [-0.3, -0.25) is 14.4 Å². The van der Waals surface area contributed by atoms with Crippen molar-refractivity contribution in [2.75, 3.05) is 26.2 Å². The van der Waals surface area contributed by atoms with Crippen LogP contribution < -0.4 is 0 Å². The van der Waals surface area contributed by atoms with Crippen molar-refractivity contribution in [1.82, 2.24) is 9.80 Å². The molecule has 0 rings (SSSR count). The second kappa shape index (κ2) is 6.61. The molecule has 15 heavy (non-hydrogen) atoms. The predicted octanol–water partition coefficient (Wildman–Crippen LogP) is 1.13. The Morgan fingerprint density at radius 1 is 0.933 bits per heavy atom. The predicted molar refractivity (Wildman–Crippen MR) is 61.7 cm³/mol. The second-order valence-corrected chi connectivity index (χ2v) is 5.02. The zero-order valence-corrected chi connectivity index (χ0v) is 10.9. The fourth-order valence-corrected chi connectivity index (χ4v) is 3.26. The van der Waals surface area contributed by atoms with Crippen molar-refractivity contribution in [1.29, 1.82) is 0 Å². The topological polar surface area (TPSA) is 64.0 Å². The molecule has 0 aliphatic carbocycles. The van der Waals surface area contributed by atoms with Crippen LogP contribution in [0.3, 0.4) is 0 Å². The molecule has 6 heteroatoms. The van der Waals surface area contributed by atoms with E-state index in [0.717, 1.165) is 0 Å². The summed E-state index contributed by atoms with van der Waals surface area (Å²) in [5.74, 6) is -0.775. The molecular formula is C9H23N2O3P. The number of rotatable bonds is 7. The van der Waals surface area contributed by atoms with E-state index in [4.69, 9.17) is 0 Å². The van der Waals surface area contributed by atoms with Gasteiger partial charge in [-0.25, -0.2) is 0 Å². The van der Waals surface area contributed by atoms with Gasteiger partial charge in [-0.2, -0.15) is 0 Å². The molecule has 0 aliphatic heterocycles. The Balaban J connectivity index is 4.94. The van der Waals surface area contributed by atoms with E-state index in [2.05, 4.69) is 0 Å². The highest BCUT2D eigenvalue weighted by atomic mass is 31.2. The summed E-state index contributed by atoms with van der Waals surface area (Å²) in [5, 5.41) is 0. The van der Waals surface area contributed by atoms with Gasteiger partial charge in [-0.15, -0.1) is 0 Å². The molecule has 0 unspecified atom stereocenters. The Bertz CT molecular complexity index is 199. The molecule has 0 aromatic rings. The summed E-state index contributed by atoms with van der Waals surface area (Å²) < 4.78 is 11.5. The van der Waals surface area contributed by atoms with Crippen molar-refractivity contribution in [2.45, 2.75) is 33.6 Å². The van der Waals surface area contributed by atoms with Gasteiger partial charge in [-0.05, 0) is 26.2 Å². The fraction of sp³-hybridized carbons (Fsp3) is 1.00. The molecular weight excluding hydrogens is 215 g/mol. The van der Waals surface area contributed by atoms with Crippen LogP contribution in [0.5, 0.6) is 0 Å². The lowest BCUT2D eigenvalue weighted by Gasteiger charge is -2.37. The Kier molecular flexibility index (Phi) is 6.64. The van der Waals surface area contributed by atoms with Crippen LogP contribution in [0.1, 0.15) is 27.7 Å². The lowest BCUT2D eigenvalue weighted by atomic mass is 10.5. The van der Waals surface area contributed by atoms with E-state index in [0.29, 0.717) is 26.2 Å². The lowest BCUT2D eigenvalue weighted by molar-refractivity contribution is 0.0927. The SMILES string of the molecule is CCN(CC)C(N(CC)CC)P(=O)(O)O. The number of hydrogen-bond donors (Lipinski definition) is 2. The van der Waals surface area contributed by atoms with Gasteiger partial charge in [0.1, 0.15) is 0 Å². The summed E-state index contributed by atoms with van der Waals surface area (Å²) >= 11 is 0. The standard InChI is InChI=1S/C9H23N2O3P/c1-5-10(6-2)9(15(12,13)14)11(7-3)8-4/h9H,5-8H2,1-4H3,(H2,12,13,14). The van der Waals surface area contributed by atoms with Crippen molar-refractivity contribution < 1.29 is 14.4 Å². The van der Waals surface area contributed by atoms with E-state index in [-0.39, 0.29) is 0 Å². The average molecular weight is 238 g/mol. The zero-order valence-electron chi connectivity index (χ0n) is 10.1. The van der Waals surface area contributed by atoms with Crippen LogP contribution in [-0.2, 0) is 4.57 Å². The van der Waals surface area contributed by atoms with Crippen LogP contribution in [0.4, 0.5) is 0 Å².